The van der Waals surface area contributed by atoms with E-state index < -0.39 is 5.91 Å². The third-order valence-corrected chi connectivity index (χ3v) is 7.27. The van der Waals surface area contributed by atoms with E-state index in [1.165, 1.54) is 17.8 Å². The molecule has 2 atom stereocenters. The molecule has 3 amide bonds. The average Bonchev–Trinajstić information content (AvgIpc) is 3.56. The molecule has 0 unspecified atom stereocenters. The van der Waals surface area contributed by atoms with Crippen LogP contribution in [0.15, 0.2) is 79.0 Å². The Balaban J connectivity index is 1.44. The molecule has 212 valence electrons. The van der Waals surface area contributed by atoms with E-state index in [-0.39, 0.29) is 23.7 Å². The molecule has 3 heterocycles. The second-order valence-corrected chi connectivity index (χ2v) is 9.91. The van der Waals surface area contributed by atoms with Gasteiger partial charge in [0.25, 0.3) is 5.91 Å². The number of carbonyl (C=O) groups is 2. The summed E-state index contributed by atoms with van der Waals surface area (Å²) in [6, 6.07) is 22.5. The molecule has 5 rings (SSSR count). The molecule has 11 nitrogen and oxygen atoms in total. The zero-order valence-corrected chi connectivity index (χ0v) is 22.9. The Morgan fingerprint density at radius 3 is 2.49 bits per heavy atom. The lowest BCUT2D eigenvalue weighted by Crippen LogP contribution is -2.42. The highest BCUT2D eigenvalue weighted by atomic mass is 16.5. The number of likely N-dealkylation sites (tertiary alicyclic amines) is 1. The van der Waals surface area contributed by atoms with Crippen LogP contribution in [0.4, 0.5) is 10.6 Å². The number of methoxy groups -OCH3 is 1. The maximum atomic E-state index is 13.5. The maximum Gasteiger partial charge on any atom is 0.320 e. The molecule has 1 fully saturated rings. The monoisotopic (exact) mass is 555 g/mol. The molecule has 1 saturated heterocycles. The van der Waals surface area contributed by atoms with Crippen LogP contribution in [0.1, 0.15) is 27.5 Å². The fourth-order valence-electron chi connectivity index (χ4n) is 5.22. The first-order valence-electron chi connectivity index (χ1n) is 13.4. The third kappa shape index (κ3) is 6.27. The molecular formula is C30H33N7O4. The van der Waals surface area contributed by atoms with Crippen LogP contribution in [0.2, 0.25) is 0 Å². The largest absolute Gasteiger partial charge is 0.383 e. The van der Waals surface area contributed by atoms with Gasteiger partial charge in [-0.3, -0.25) is 25.2 Å². The van der Waals surface area contributed by atoms with Gasteiger partial charge in [0.15, 0.2) is 0 Å². The van der Waals surface area contributed by atoms with Gasteiger partial charge in [0, 0.05) is 50.0 Å². The number of carbonyl (C=O) groups excluding carboxylic acids is 2. The van der Waals surface area contributed by atoms with Gasteiger partial charge in [-0.1, -0.05) is 48.5 Å². The summed E-state index contributed by atoms with van der Waals surface area (Å²) in [5.41, 5.74) is 5.46. The zero-order valence-electron chi connectivity index (χ0n) is 22.9. The number of hydroxylamine groups is 1. The normalized spacial score (nSPS) is 16.9. The van der Waals surface area contributed by atoms with E-state index in [0.717, 1.165) is 18.8 Å². The Labute approximate surface area is 238 Å². The number of amides is 3. The maximum absolute atomic E-state index is 13.5. The van der Waals surface area contributed by atoms with E-state index in [1.54, 1.807) is 23.3 Å². The predicted molar refractivity (Wildman–Crippen MR) is 154 cm³/mol. The van der Waals surface area contributed by atoms with Crippen molar-refractivity contribution in [3.8, 4) is 16.9 Å². The number of pyridine rings is 1. The van der Waals surface area contributed by atoms with Gasteiger partial charge in [0.1, 0.15) is 11.5 Å². The lowest BCUT2D eigenvalue weighted by atomic mass is 9.94. The number of aromatic nitrogens is 3. The van der Waals surface area contributed by atoms with Crippen LogP contribution in [0, 0.1) is 6.92 Å². The molecule has 0 bridgehead atoms. The Morgan fingerprint density at radius 1 is 1.05 bits per heavy atom. The number of anilines is 1. The summed E-state index contributed by atoms with van der Waals surface area (Å²) in [7, 11) is 1.69. The molecule has 4 aromatic rings. The van der Waals surface area contributed by atoms with Crippen molar-refractivity contribution in [2.45, 2.75) is 18.9 Å². The van der Waals surface area contributed by atoms with E-state index in [2.05, 4.69) is 32.7 Å². The SMILES string of the molecule is COCCN1C[C@@H](NC(=O)Nc2c(C)c(-c3ccnc(C(=O)NO)c3)nn2-c2ccccc2)[C@H](c2ccccc2)C1. The molecule has 4 N–H and O–H groups in total. The van der Waals surface area contributed by atoms with Crippen molar-refractivity contribution in [3.63, 3.8) is 0 Å². The van der Waals surface area contributed by atoms with Gasteiger partial charge < -0.3 is 10.1 Å². The lowest BCUT2D eigenvalue weighted by Gasteiger charge is -2.21. The second-order valence-electron chi connectivity index (χ2n) is 9.91. The van der Waals surface area contributed by atoms with Crippen LogP contribution in [0.5, 0.6) is 0 Å². The first-order valence-corrected chi connectivity index (χ1v) is 13.4. The Kier molecular flexibility index (Phi) is 8.68. The van der Waals surface area contributed by atoms with Crippen LogP contribution in [0.25, 0.3) is 16.9 Å². The summed E-state index contributed by atoms with van der Waals surface area (Å²) >= 11 is 0. The van der Waals surface area contributed by atoms with Gasteiger partial charge in [0.2, 0.25) is 0 Å². The number of para-hydroxylation sites is 1. The summed E-state index contributed by atoms with van der Waals surface area (Å²) in [5, 5.41) is 20.1. The summed E-state index contributed by atoms with van der Waals surface area (Å²) in [5.74, 6) is -0.102. The number of nitrogens with zero attached hydrogens (tertiary/aromatic N) is 4. The van der Waals surface area contributed by atoms with Crippen molar-refractivity contribution in [3.05, 3.63) is 95.8 Å². The summed E-state index contributed by atoms with van der Waals surface area (Å²) in [6.07, 6.45) is 1.47. The van der Waals surface area contributed by atoms with Gasteiger partial charge in [-0.05, 0) is 36.8 Å². The van der Waals surface area contributed by atoms with Gasteiger partial charge in [-0.2, -0.15) is 5.10 Å². The number of nitrogens with one attached hydrogen (secondary N) is 3. The first kappa shape index (κ1) is 28.0. The smallest absolute Gasteiger partial charge is 0.320 e. The van der Waals surface area contributed by atoms with Crippen molar-refractivity contribution in [2.24, 2.45) is 0 Å². The molecular weight excluding hydrogens is 522 g/mol. The number of benzene rings is 2. The van der Waals surface area contributed by atoms with Crippen molar-refractivity contribution in [1.29, 1.82) is 0 Å². The molecule has 2 aromatic heterocycles. The summed E-state index contributed by atoms with van der Waals surface area (Å²) in [6.45, 7) is 4.78. The van der Waals surface area contributed by atoms with Gasteiger partial charge in [-0.15, -0.1) is 0 Å². The van der Waals surface area contributed by atoms with Gasteiger partial charge >= 0.3 is 6.03 Å². The van der Waals surface area contributed by atoms with Crippen LogP contribution in [0.3, 0.4) is 0 Å². The quantitative estimate of drug-likeness (QED) is 0.183. The number of rotatable bonds is 9. The fourth-order valence-corrected chi connectivity index (χ4v) is 5.22. The van der Waals surface area contributed by atoms with Crippen molar-refractivity contribution in [1.82, 2.24) is 30.5 Å². The Hall–Kier alpha value is -4.58. The zero-order chi connectivity index (χ0) is 28.8. The molecule has 0 spiro atoms. The highest BCUT2D eigenvalue weighted by Gasteiger charge is 2.35. The molecule has 2 aromatic carbocycles. The highest BCUT2D eigenvalue weighted by Crippen LogP contribution is 2.31. The Morgan fingerprint density at radius 2 is 1.78 bits per heavy atom. The number of hydrogen-bond acceptors (Lipinski definition) is 7. The molecule has 1 aliphatic heterocycles. The van der Waals surface area contributed by atoms with E-state index in [9.17, 15) is 9.59 Å². The Bertz CT molecular complexity index is 1490. The number of hydrogen-bond donors (Lipinski definition) is 4. The minimum absolute atomic E-state index is 0.0390. The highest BCUT2D eigenvalue weighted by molar-refractivity contribution is 5.93. The minimum Gasteiger partial charge on any atom is -0.383 e. The topological polar surface area (TPSA) is 134 Å². The minimum atomic E-state index is -0.728. The second kappa shape index (κ2) is 12.7. The van der Waals surface area contributed by atoms with E-state index in [0.29, 0.717) is 35.8 Å². The van der Waals surface area contributed by atoms with E-state index in [1.807, 2.05) is 55.5 Å². The standard InChI is InChI=1S/C30H33N7O4/c1-20-27(22-13-14-31-25(17-22)29(38)35-40)34-37(23-11-7-4-8-12-23)28(20)33-30(39)32-26-19-36(15-16-41-2)18-24(26)21-9-5-3-6-10-21/h3-14,17,24,26,40H,15-16,18-19H2,1-2H3,(H,35,38)(H2,32,33,39)/t24-,26+/m0/s1. The predicted octanol–water partition coefficient (Wildman–Crippen LogP) is 3.60. The summed E-state index contributed by atoms with van der Waals surface area (Å²) in [4.78, 5) is 31.8. The molecule has 1 aliphatic rings. The number of ether oxygens (including phenoxy) is 1. The van der Waals surface area contributed by atoms with Crippen molar-refractivity contribution < 1.29 is 19.5 Å². The molecule has 0 radical (unpaired) electrons. The molecule has 41 heavy (non-hydrogen) atoms. The van der Waals surface area contributed by atoms with Crippen LogP contribution < -0.4 is 16.1 Å². The molecule has 0 saturated carbocycles. The van der Waals surface area contributed by atoms with Gasteiger partial charge in [-0.25, -0.2) is 15.0 Å². The fraction of sp³-hybridized carbons (Fsp3) is 0.267. The lowest BCUT2D eigenvalue weighted by molar-refractivity contribution is 0.0701. The van der Waals surface area contributed by atoms with E-state index >= 15 is 0 Å². The van der Waals surface area contributed by atoms with Crippen LogP contribution in [-0.2, 0) is 4.74 Å². The first-order chi connectivity index (χ1) is 20.0. The summed E-state index contributed by atoms with van der Waals surface area (Å²) < 4.78 is 6.96. The van der Waals surface area contributed by atoms with Crippen LogP contribution in [-0.4, -0.2) is 76.2 Å². The van der Waals surface area contributed by atoms with Gasteiger partial charge in [0.05, 0.1) is 24.0 Å². The van der Waals surface area contributed by atoms with Crippen molar-refractivity contribution in [2.75, 3.05) is 38.7 Å². The number of urea groups is 1. The average molecular weight is 556 g/mol. The molecule has 11 heteroatoms. The van der Waals surface area contributed by atoms with Crippen LogP contribution >= 0.6 is 0 Å². The third-order valence-electron chi connectivity index (χ3n) is 7.27. The van der Waals surface area contributed by atoms with Crippen molar-refractivity contribution >= 4 is 17.8 Å². The molecule has 0 aliphatic carbocycles. The van der Waals surface area contributed by atoms with E-state index in [4.69, 9.17) is 15.0 Å².